The normalized spacial score (nSPS) is 10.7. The lowest BCUT2D eigenvalue weighted by atomic mass is 10.2. The Morgan fingerprint density at radius 3 is 2.79 bits per heavy atom. The number of benzene rings is 2. The largest absolute Gasteiger partial charge is 0.495 e. The van der Waals surface area contributed by atoms with Crippen molar-refractivity contribution >= 4 is 63.4 Å². The first-order valence-corrected chi connectivity index (χ1v) is 10.4. The number of anilines is 2. The standard InChI is InChI=1S/C24H20ClN5O2.ClH/c1-32-22-8-7-16(25)12-20(22)29-24(31)28-19-5-2-6-21-18(19)9-11-30(21)14-15-13-27-23-17(15)4-3-10-26-23;/h2-13H,14H2,1H3,(H,26,27)(H2,28,29,31);1H. The number of carbonyl (C=O) groups excluding carboxylic acids is 1. The number of halogens is 2. The fourth-order valence-electron chi connectivity index (χ4n) is 3.85. The third-order valence-electron chi connectivity index (χ3n) is 5.35. The van der Waals surface area contributed by atoms with Gasteiger partial charge in [0.05, 0.1) is 24.0 Å². The van der Waals surface area contributed by atoms with Gasteiger partial charge >= 0.3 is 6.03 Å². The third-order valence-corrected chi connectivity index (χ3v) is 5.58. The topological polar surface area (TPSA) is 84.0 Å². The molecule has 33 heavy (non-hydrogen) atoms. The van der Waals surface area contributed by atoms with Crippen LogP contribution in [-0.4, -0.2) is 27.7 Å². The molecule has 0 saturated heterocycles. The van der Waals surface area contributed by atoms with E-state index in [0.29, 0.717) is 28.7 Å². The number of fused-ring (bicyclic) bond motifs is 2. The van der Waals surface area contributed by atoms with Crippen molar-refractivity contribution in [2.75, 3.05) is 17.7 Å². The molecule has 3 heterocycles. The maximum atomic E-state index is 12.7. The van der Waals surface area contributed by atoms with Gasteiger partial charge in [-0.15, -0.1) is 12.4 Å². The monoisotopic (exact) mass is 481 g/mol. The minimum Gasteiger partial charge on any atom is -0.495 e. The van der Waals surface area contributed by atoms with Gasteiger partial charge in [-0.2, -0.15) is 0 Å². The molecule has 0 aliphatic heterocycles. The predicted octanol–water partition coefficient (Wildman–Crippen LogP) is 6.29. The summed E-state index contributed by atoms with van der Waals surface area (Å²) in [4.78, 5) is 20.2. The van der Waals surface area contributed by atoms with Gasteiger partial charge in [0.25, 0.3) is 0 Å². The van der Waals surface area contributed by atoms with E-state index in [1.807, 2.05) is 42.7 Å². The molecule has 0 aliphatic carbocycles. The van der Waals surface area contributed by atoms with Crippen LogP contribution in [0.1, 0.15) is 5.56 Å². The van der Waals surface area contributed by atoms with Crippen molar-refractivity contribution in [1.82, 2.24) is 14.5 Å². The number of pyridine rings is 1. The minimum atomic E-state index is -0.381. The van der Waals surface area contributed by atoms with Crippen molar-refractivity contribution in [3.05, 3.63) is 83.8 Å². The van der Waals surface area contributed by atoms with Crippen LogP contribution in [0.15, 0.2) is 73.2 Å². The lowest BCUT2D eigenvalue weighted by Crippen LogP contribution is -2.20. The second-order valence-electron chi connectivity index (χ2n) is 7.32. The highest BCUT2D eigenvalue weighted by molar-refractivity contribution is 6.31. The van der Waals surface area contributed by atoms with E-state index in [0.717, 1.165) is 27.5 Å². The SMILES string of the molecule is COc1ccc(Cl)cc1NC(=O)Nc1cccc2c1ccn2Cc1c[nH]c2ncccc12.Cl. The van der Waals surface area contributed by atoms with E-state index in [4.69, 9.17) is 16.3 Å². The number of aromatic amines is 1. The smallest absolute Gasteiger partial charge is 0.323 e. The first kappa shape index (κ1) is 22.5. The molecule has 0 aliphatic rings. The molecule has 0 bridgehead atoms. The Labute approximate surface area is 201 Å². The number of rotatable bonds is 5. The maximum Gasteiger partial charge on any atom is 0.323 e. The van der Waals surface area contributed by atoms with Crippen molar-refractivity contribution < 1.29 is 9.53 Å². The van der Waals surface area contributed by atoms with E-state index in [1.54, 1.807) is 31.5 Å². The number of methoxy groups -OCH3 is 1. The third kappa shape index (κ3) is 4.46. The highest BCUT2D eigenvalue weighted by Crippen LogP contribution is 2.29. The molecule has 5 rings (SSSR count). The highest BCUT2D eigenvalue weighted by Gasteiger charge is 2.12. The Balaban J connectivity index is 0.00000259. The molecule has 2 aromatic carbocycles. The number of H-pyrrole nitrogens is 1. The Morgan fingerprint density at radius 1 is 1.09 bits per heavy atom. The lowest BCUT2D eigenvalue weighted by molar-refractivity contribution is 0.262. The van der Waals surface area contributed by atoms with Gasteiger partial charge < -0.3 is 24.9 Å². The van der Waals surface area contributed by atoms with Gasteiger partial charge in [-0.25, -0.2) is 9.78 Å². The van der Waals surface area contributed by atoms with Crippen LogP contribution in [-0.2, 0) is 6.54 Å². The van der Waals surface area contributed by atoms with Gasteiger partial charge in [0.1, 0.15) is 11.4 Å². The van der Waals surface area contributed by atoms with Gasteiger partial charge in [-0.1, -0.05) is 17.7 Å². The Hall–Kier alpha value is -3.68. The molecule has 3 N–H and O–H groups in total. The maximum absolute atomic E-state index is 12.7. The minimum absolute atomic E-state index is 0. The summed E-state index contributed by atoms with van der Waals surface area (Å²) in [5, 5.41) is 8.28. The summed E-state index contributed by atoms with van der Waals surface area (Å²) in [5.74, 6) is 0.530. The van der Waals surface area contributed by atoms with E-state index in [-0.39, 0.29) is 18.4 Å². The summed E-state index contributed by atoms with van der Waals surface area (Å²) in [6.45, 7) is 0.685. The zero-order valence-corrected chi connectivity index (χ0v) is 19.2. The molecular formula is C24H21Cl2N5O2. The van der Waals surface area contributed by atoms with Crippen LogP contribution in [0.25, 0.3) is 21.9 Å². The average molecular weight is 482 g/mol. The second kappa shape index (κ2) is 9.44. The van der Waals surface area contributed by atoms with Gasteiger partial charge in [0.2, 0.25) is 0 Å². The van der Waals surface area contributed by atoms with E-state index >= 15 is 0 Å². The molecule has 7 nitrogen and oxygen atoms in total. The van der Waals surface area contributed by atoms with Crippen molar-refractivity contribution in [3.8, 4) is 5.75 Å². The average Bonchev–Trinajstić information content (AvgIpc) is 3.39. The molecular weight excluding hydrogens is 461 g/mol. The Bertz CT molecular complexity index is 1440. The molecule has 5 aromatic rings. The summed E-state index contributed by atoms with van der Waals surface area (Å²) in [6, 6.07) is 16.5. The molecule has 0 saturated carbocycles. The quantitative estimate of drug-likeness (QED) is 0.275. The summed E-state index contributed by atoms with van der Waals surface area (Å²) in [6.07, 6.45) is 5.77. The first-order chi connectivity index (χ1) is 15.6. The van der Waals surface area contributed by atoms with Crippen LogP contribution in [0, 0.1) is 0 Å². The zero-order chi connectivity index (χ0) is 22.1. The zero-order valence-electron chi connectivity index (χ0n) is 17.6. The van der Waals surface area contributed by atoms with Crippen LogP contribution in [0.4, 0.5) is 16.2 Å². The number of urea groups is 1. The lowest BCUT2D eigenvalue weighted by Gasteiger charge is -2.12. The molecule has 0 spiro atoms. The molecule has 0 fully saturated rings. The van der Waals surface area contributed by atoms with Crippen LogP contribution < -0.4 is 15.4 Å². The van der Waals surface area contributed by atoms with Crippen LogP contribution >= 0.6 is 24.0 Å². The van der Waals surface area contributed by atoms with Crippen molar-refractivity contribution in [2.24, 2.45) is 0 Å². The number of aromatic nitrogens is 3. The Morgan fingerprint density at radius 2 is 1.94 bits per heavy atom. The summed E-state index contributed by atoms with van der Waals surface area (Å²) >= 11 is 6.06. The summed E-state index contributed by atoms with van der Waals surface area (Å²) in [5.41, 5.74) is 4.24. The fraction of sp³-hybridized carbons (Fsp3) is 0.0833. The number of ether oxygens (including phenoxy) is 1. The van der Waals surface area contributed by atoms with Gasteiger partial charge in [-0.3, -0.25) is 0 Å². The Kier molecular flexibility index (Phi) is 6.44. The van der Waals surface area contributed by atoms with E-state index in [9.17, 15) is 4.79 Å². The van der Waals surface area contributed by atoms with Crippen molar-refractivity contribution in [1.29, 1.82) is 0 Å². The highest BCUT2D eigenvalue weighted by atomic mass is 35.5. The molecule has 0 atom stereocenters. The molecule has 3 aromatic heterocycles. The van der Waals surface area contributed by atoms with Crippen LogP contribution in [0.3, 0.4) is 0 Å². The second-order valence-corrected chi connectivity index (χ2v) is 7.76. The van der Waals surface area contributed by atoms with Gasteiger partial charge in [0.15, 0.2) is 0 Å². The number of hydrogen-bond acceptors (Lipinski definition) is 3. The summed E-state index contributed by atoms with van der Waals surface area (Å²) in [7, 11) is 1.54. The van der Waals surface area contributed by atoms with Gasteiger partial charge in [-0.05, 0) is 54.1 Å². The fourth-order valence-corrected chi connectivity index (χ4v) is 4.02. The van der Waals surface area contributed by atoms with E-state index < -0.39 is 0 Å². The molecule has 2 amide bonds. The van der Waals surface area contributed by atoms with Crippen LogP contribution in [0.5, 0.6) is 5.75 Å². The predicted molar refractivity (Wildman–Crippen MR) is 135 cm³/mol. The van der Waals surface area contributed by atoms with E-state index in [2.05, 4.69) is 31.2 Å². The molecule has 0 unspecified atom stereocenters. The first-order valence-electron chi connectivity index (χ1n) is 10.0. The number of hydrogen-bond donors (Lipinski definition) is 3. The van der Waals surface area contributed by atoms with E-state index in [1.165, 1.54) is 0 Å². The molecule has 0 radical (unpaired) electrons. The number of carbonyl (C=O) groups is 1. The number of amides is 2. The van der Waals surface area contributed by atoms with Gasteiger partial charge in [0, 0.05) is 40.9 Å². The van der Waals surface area contributed by atoms with Crippen molar-refractivity contribution in [3.63, 3.8) is 0 Å². The van der Waals surface area contributed by atoms with Crippen molar-refractivity contribution in [2.45, 2.75) is 6.54 Å². The van der Waals surface area contributed by atoms with Crippen LogP contribution in [0.2, 0.25) is 5.02 Å². The number of nitrogens with one attached hydrogen (secondary N) is 3. The number of nitrogens with zero attached hydrogens (tertiary/aromatic N) is 2. The molecule has 168 valence electrons. The summed E-state index contributed by atoms with van der Waals surface area (Å²) < 4.78 is 7.44. The molecule has 9 heteroatoms.